The molecule has 1 unspecified atom stereocenters. The summed E-state index contributed by atoms with van der Waals surface area (Å²) in [7, 11) is 1.55. The van der Waals surface area contributed by atoms with Crippen LogP contribution < -0.4 is 4.74 Å². The molecule has 2 amide bonds. The second-order valence-electron chi connectivity index (χ2n) is 8.20. The third-order valence-electron chi connectivity index (χ3n) is 6.43. The molecular formula is C25H20F3N3O3. The smallest absolute Gasteiger partial charge is 0.416 e. The van der Waals surface area contributed by atoms with E-state index in [2.05, 4.69) is 4.98 Å². The number of pyridine rings is 1. The van der Waals surface area contributed by atoms with Crippen LogP contribution in [0, 0.1) is 0 Å². The number of aromatic nitrogens is 1. The van der Waals surface area contributed by atoms with Gasteiger partial charge in [0, 0.05) is 36.6 Å². The van der Waals surface area contributed by atoms with Crippen molar-refractivity contribution in [2.75, 3.05) is 20.2 Å². The third-order valence-corrected chi connectivity index (χ3v) is 6.43. The lowest BCUT2D eigenvalue weighted by Crippen LogP contribution is -2.52. The fraction of sp³-hybridized carbons (Fsp3) is 0.240. The predicted octanol–water partition coefficient (Wildman–Crippen LogP) is 3.85. The lowest BCUT2D eigenvalue weighted by atomic mass is 9.89. The van der Waals surface area contributed by atoms with Gasteiger partial charge in [0.15, 0.2) is 5.66 Å². The first-order chi connectivity index (χ1) is 16.3. The summed E-state index contributed by atoms with van der Waals surface area (Å²) >= 11 is 0. The molecule has 3 heterocycles. The van der Waals surface area contributed by atoms with Crippen LogP contribution in [0.4, 0.5) is 13.2 Å². The van der Waals surface area contributed by atoms with Gasteiger partial charge in [-0.3, -0.25) is 14.6 Å². The number of alkyl halides is 3. The van der Waals surface area contributed by atoms with Crippen LogP contribution in [0.25, 0.3) is 0 Å². The highest BCUT2D eigenvalue weighted by molar-refractivity contribution is 6.02. The number of halogens is 3. The van der Waals surface area contributed by atoms with Gasteiger partial charge in [0.2, 0.25) is 5.91 Å². The molecular weight excluding hydrogens is 447 g/mol. The van der Waals surface area contributed by atoms with Gasteiger partial charge in [-0.1, -0.05) is 24.3 Å². The maximum atomic E-state index is 13.6. The number of ether oxygens (including phenoxy) is 1. The van der Waals surface area contributed by atoms with Crippen molar-refractivity contribution in [3.63, 3.8) is 0 Å². The molecule has 0 radical (unpaired) electrons. The van der Waals surface area contributed by atoms with Crippen molar-refractivity contribution < 1.29 is 27.5 Å². The number of hydrogen-bond donors (Lipinski definition) is 0. The molecule has 1 saturated heterocycles. The molecule has 0 N–H and O–H groups in total. The molecule has 1 aromatic heterocycles. The summed E-state index contributed by atoms with van der Waals surface area (Å²) in [5.74, 6) is 0.111. The van der Waals surface area contributed by atoms with Gasteiger partial charge in [-0.15, -0.1) is 0 Å². The van der Waals surface area contributed by atoms with Crippen LogP contribution in [-0.2, 0) is 23.1 Å². The van der Waals surface area contributed by atoms with Gasteiger partial charge in [0.25, 0.3) is 5.91 Å². The molecule has 2 aliphatic rings. The molecule has 0 spiro atoms. The first-order valence-corrected chi connectivity index (χ1v) is 10.6. The number of carbonyl (C=O) groups excluding carboxylic acids is 2. The number of amides is 2. The Balaban J connectivity index is 1.61. The van der Waals surface area contributed by atoms with E-state index in [0.717, 1.165) is 17.7 Å². The minimum atomic E-state index is -4.50. The largest absolute Gasteiger partial charge is 0.497 e. The summed E-state index contributed by atoms with van der Waals surface area (Å²) in [5, 5.41) is 0. The van der Waals surface area contributed by atoms with Crippen molar-refractivity contribution in [2.45, 2.75) is 18.3 Å². The van der Waals surface area contributed by atoms with Gasteiger partial charge in [0.05, 0.1) is 24.7 Å². The van der Waals surface area contributed by atoms with E-state index in [9.17, 15) is 22.8 Å². The summed E-state index contributed by atoms with van der Waals surface area (Å²) in [6.45, 7) is 0.506. The monoisotopic (exact) mass is 467 g/mol. The van der Waals surface area contributed by atoms with Gasteiger partial charge >= 0.3 is 6.18 Å². The molecule has 174 valence electrons. The van der Waals surface area contributed by atoms with Crippen molar-refractivity contribution >= 4 is 11.8 Å². The minimum Gasteiger partial charge on any atom is -0.497 e. The van der Waals surface area contributed by atoms with E-state index in [1.807, 2.05) is 0 Å². The Morgan fingerprint density at radius 2 is 1.76 bits per heavy atom. The van der Waals surface area contributed by atoms with Crippen molar-refractivity contribution in [3.8, 4) is 5.75 Å². The third kappa shape index (κ3) is 3.22. The Morgan fingerprint density at radius 3 is 2.41 bits per heavy atom. The predicted molar refractivity (Wildman–Crippen MR) is 116 cm³/mol. The molecule has 0 saturated carbocycles. The highest BCUT2D eigenvalue weighted by Crippen LogP contribution is 2.50. The first kappa shape index (κ1) is 21.9. The van der Waals surface area contributed by atoms with Crippen LogP contribution in [0.15, 0.2) is 67.0 Å². The van der Waals surface area contributed by atoms with Crippen LogP contribution in [-0.4, -0.2) is 46.8 Å². The zero-order valence-electron chi connectivity index (χ0n) is 18.2. The summed E-state index contributed by atoms with van der Waals surface area (Å²) in [6, 6.07) is 13.4. The topological polar surface area (TPSA) is 62.7 Å². The summed E-state index contributed by atoms with van der Waals surface area (Å²) < 4.78 is 44.8. The van der Waals surface area contributed by atoms with Crippen molar-refractivity contribution in [1.29, 1.82) is 0 Å². The minimum absolute atomic E-state index is 0.0643. The Morgan fingerprint density at radius 1 is 1.06 bits per heavy atom. The van der Waals surface area contributed by atoms with Gasteiger partial charge in [-0.2, -0.15) is 13.2 Å². The van der Waals surface area contributed by atoms with Gasteiger partial charge in [-0.05, 0) is 35.9 Å². The zero-order valence-corrected chi connectivity index (χ0v) is 18.2. The number of carbonyl (C=O) groups is 2. The average Bonchev–Trinajstić information content (AvgIpc) is 3.35. The van der Waals surface area contributed by atoms with E-state index in [0.29, 0.717) is 22.4 Å². The van der Waals surface area contributed by atoms with E-state index in [1.165, 1.54) is 24.5 Å². The molecule has 2 aliphatic heterocycles. The lowest BCUT2D eigenvalue weighted by molar-refractivity contribution is -0.138. The van der Waals surface area contributed by atoms with Crippen LogP contribution in [0.2, 0.25) is 0 Å². The molecule has 1 atom stereocenters. The molecule has 6 nitrogen and oxygen atoms in total. The quantitative estimate of drug-likeness (QED) is 0.585. The molecule has 0 aliphatic carbocycles. The van der Waals surface area contributed by atoms with E-state index in [4.69, 9.17) is 4.74 Å². The molecule has 9 heteroatoms. The SMILES string of the molecule is COc1ccc(CC(=O)N2CCN3C(=O)c4cnccc4C23c2ccc(C(F)(F)F)cc2)cc1. The average molecular weight is 467 g/mol. The van der Waals surface area contributed by atoms with Gasteiger partial charge in [0.1, 0.15) is 5.75 Å². The molecule has 0 bridgehead atoms. The standard InChI is InChI=1S/C25H20F3N3O3/c1-34-19-8-2-16(3-9-19)14-22(32)30-12-13-31-23(33)20-15-29-11-10-21(20)24(30,31)17-4-6-18(7-5-17)25(26,27)28/h2-11,15H,12-14H2,1H3. The number of fused-ring (bicyclic) bond motifs is 3. The second kappa shape index (κ2) is 7.86. The fourth-order valence-electron chi connectivity index (χ4n) is 4.90. The van der Waals surface area contributed by atoms with E-state index in [-0.39, 0.29) is 31.3 Å². The van der Waals surface area contributed by atoms with E-state index < -0.39 is 17.4 Å². The number of hydrogen-bond acceptors (Lipinski definition) is 4. The maximum absolute atomic E-state index is 13.6. The lowest BCUT2D eigenvalue weighted by Gasteiger charge is -2.40. The second-order valence-corrected chi connectivity index (χ2v) is 8.20. The Hall–Kier alpha value is -3.88. The zero-order chi connectivity index (χ0) is 24.1. The molecule has 5 rings (SSSR count). The number of rotatable bonds is 4. The molecule has 2 aromatic carbocycles. The molecule has 34 heavy (non-hydrogen) atoms. The van der Waals surface area contributed by atoms with Crippen LogP contribution >= 0.6 is 0 Å². The maximum Gasteiger partial charge on any atom is 0.416 e. The van der Waals surface area contributed by atoms with Crippen LogP contribution in [0.5, 0.6) is 5.75 Å². The Bertz CT molecular complexity index is 1260. The normalized spacial score (nSPS) is 19.2. The summed E-state index contributed by atoms with van der Waals surface area (Å²) in [6.07, 6.45) is -1.47. The highest BCUT2D eigenvalue weighted by atomic mass is 19.4. The van der Waals surface area contributed by atoms with Crippen molar-refractivity contribution in [1.82, 2.24) is 14.8 Å². The molecule has 3 aromatic rings. The molecule has 1 fully saturated rings. The van der Waals surface area contributed by atoms with Crippen molar-refractivity contribution in [2.24, 2.45) is 0 Å². The van der Waals surface area contributed by atoms with E-state index >= 15 is 0 Å². The number of nitrogens with zero attached hydrogens (tertiary/aromatic N) is 3. The van der Waals surface area contributed by atoms with Gasteiger partial charge < -0.3 is 14.5 Å². The van der Waals surface area contributed by atoms with E-state index in [1.54, 1.807) is 47.2 Å². The fourth-order valence-corrected chi connectivity index (χ4v) is 4.90. The Kier molecular flexibility index (Phi) is 5.07. The van der Waals surface area contributed by atoms with Crippen LogP contribution in [0.3, 0.4) is 0 Å². The summed E-state index contributed by atoms with van der Waals surface area (Å²) in [4.78, 5) is 34.0. The number of methoxy groups -OCH3 is 1. The highest BCUT2D eigenvalue weighted by Gasteiger charge is 2.59. The van der Waals surface area contributed by atoms with Crippen LogP contribution in [0.1, 0.15) is 32.6 Å². The van der Waals surface area contributed by atoms with Gasteiger partial charge in [-0.25, -0.2) is 0 Å². The Labute approximate surface area is 193 Å². The first-order valence-electron chi connectivity index (χ1n) is 10.6. The van der Waals surface area contributed by atoms with Crippen molar-refractivity contribution in [3.05, 3.63) is 94.8 Å². The number of benzene rings is 2. The summed E-state index contributed by atoms with van der Waals surface area (Å²) in [5.41, 5.74) is -0.0847.